The highest BCUT2D eigenvalue weighted by Crippen LogP contribution is 2.32. The molecule has 2 aliphatic rings. The first-order valence-corrected chi connectivity index (χ1v) is 10.8. The van der Waals surface area contributed by atoms with E-state index in [0.29, 0.717) is 36.9 Å². The maximum Gasteiger partial charge on any atom is 0.343 e. The van der Waals surface area contributed by atoms with E-state index in [1.807, 2.05) is 30.3 Å². The molecule has 1 aliphatic carbocycles. The van der Waals surface area contributed by atoms with Gasteiger partial charge in [-0.05, 0) is 37.3 Å². The van der Waals surface area contributed by atoms with E-state index >= 15 is 0 Å². The number of hydrogen-bond acceptors (Lipinski definition) is 4. The van der Waals surface area contributed by atoms with E-state index in [9.17, 15) is 19.6 Å². The molecule has 1 heterocycles. The van der Waals surface area contributed by atoms with Crippen LogP contribution in [0.3, 0.4) is 0 Å². The smallest absolute Gasteiger partial charge is 0.296 e. The topological polar surface area (TPSA) is 84.4 Å². The van der Waals surface area contributed by atoms with Crippen LogP contribution in [0.2, 0.25) is 0 Å². The van der Waals surface area contributed by atoms with Crippen LogP contribution in [-0.2, 0) is 9.59 Å². The first-order valence-electron chi connectivity index (χ1n) is 10.8. The lowest BCUT2D eigenvalue weighted by Crippen LogP contribution is -2.58. The van der Waals surface area contributed by atoms with Gasteiger partial charge >= 0.3 is 6.03 Å². The van der Waals surface area contributed by atoms with Gasteiger partial charge < -0.3 is 0 Å². The summed E-state index contributed by atoms with van der Waals surface area (Å²) in [7, 11) is 1.70. The Morgan fingerprint density at radius 1 is 1.10 bits per heavy atom. The van der Waals surface area contributed by atoms with Crippen molar-refractivity contribution in [2.24, 2.45) is 11.8 Å². The number of carbonyl (C=O) groups is 3. The second kappa shape index (κ2) is 10.4. The zero-order valence-electron chi connectivity index (χ0n) is 17.7. The number of hydroxylamine groups is 2. The SMILES string of the molecule is CN(C(=O)N1CCCCN1C(=O)[C@H](CC1CCCC1)CN(O)C=O)c1ccccc1. The van der Waals surface area contributed by atoms with Crippen molar-refractivity contribution in [2.75, 3.05) is 31.6 Å². The Bertz CT molecular complexity index is 723. The van der Waals surface area contributed by atoms with Crippen molar-refractivity contribution < 1.29 is 19.6 Å². The molecule has 0 radical (unpaired) electrons. The Balaban J connectivity index is 1.76. The molecule has 164 valence electrons. The number of urea groups is 1. The summed E-state index contributed by atoms with van der Waals surface area (Å²) in [5.74, 6) is -0.309. The van der Waals surface area contributed by atoms with Crippen molar-refractivity contribution in [1.29, 1.82) is 0 Å². The number of carbonyl (C=O) groups excluding carboxylic acids is 3. The van der Waals surface area contributed by atoms with Crippen LogP contribution in [0.1, 0.15) is 44.9 Å². The van der Waals surface area contributed by atoms with Gasteiger partial charge in [-0.25, -0.2) is 19.9 Å². The lowest BCUT2D eigenvalue weighted by Gasteiger charge is -2.42. The van der Waals surface area contributed by atoms with E-state index in [1.165, 1.54) is 10.0 Å². The van der Waals surface area contributed by atoms with Gasteiger partial charge in [-0.2, -0.15) is 0 Å². The summed E-state index contributed by atoms with van der Waals surface area (Å²) in [6.07, 6.45) is 7.03. The van der Waals surface area contributed by atoms with Gasteiger partial charge in [0.2, 0.25) is 12.3 Å². The van der Waals surface area contributed by atoms with Gasteiger partial charge in [-0.1, -0.05) is 43.9 Å². The van der Waals surface area contributed by atoms with Crippen LogP contribution >= 0.6 is 0 Å². The standard InChI is InChI=1S/C22H32N4O4/c1-23(20-11-3-2-4-12-20)22(29)26-14-8-7-13-25(26)21(28)19(16-24(30)17-27)15-18-9-5-6-10-18/h2-4,11-12,17-19,30H,5-10,13-16H2,1H3/t19-/m1/s1. The molecule has 0 bridgehead atoms. The molecule has 8 heteroatoms. The van der Waals surface area contributed by atoms with Crippen molar-refractivity contribution >= 4 is 24.0 Å². The summed E-state index contributed by atoms with van der Waals surface area (Å²) < 4.78 is 0. The van der Waals surface area contributed by atoms with Crippen LogP contribution in [0.4, 0.5) is 10.5 Å². The van der Waals surface area contributed by atoms with Gasteiger partial charge in [0.15, 0.2) is 0 Å². The fourth-order valence-corrected chi connectivity index (χ4v) is 4.51. The molecule has 0 spiro atoms. The maximum absolute atomic E-state index is 13.5. The summed E-state index contributed by atoms with van der Waals surface area (Å²) in [6, 6.07) is 9.07. The number of amides is 4. The first-order chi connectivity index (χ1) is 14.5. The Morgan fingerprint density at radius 3 is 2.37 bits per heavy atom. The lowest BCUT2D eigenvalue weighted by atomic mass is 9.92. The molecule has 1 N–H and O–H groups in total. The largest absolute Gasteiger partial charge is 0.343 e. The monoisotopic (exact) mass is 416 g/mol. The molecule has 1 aliphatic heterocycles. The molecular formula is C22H32N4O4. The second-order valence-electron chi connectivity index (χ2n) is 8.28. The van der Waals surface area contributed by atoms with Gasteiger partial charge in [0.25, 0.3) is 0 Å². The third kappa shape index (κ3) is 5.30. The summed E-state index contributed by atoms with van der Waals surface area (Å²) in [5.41, 5.74) is 0.755. The molecule has 1 saturated carbocycles. The Hall–Kier alpha value is -2.61. The second-order valence-corrected chi connectivity index (χ2v) is 8.28. The average molecular weight is 417 g/mol. The van der Waals surface area contributed by atoms with Crippen molar-refractivity contribution in [3.63, 3.8) is 0 Å². The van der Waals surface area contributed by atoms with Crippen LogP contribution in [0.15, 0.2) is 30.3 Å². The summed E-state index contributed by atoms with van der Waals surface area (Å²) in [6.45, 7) is 0.876. The van der Waals surface area contributed by atoms with Crippen molar-refractivity contribution in [3.05, 3.63) is 30.3 Å². The molecule has 2 fully saturated rings. The predicted octanol–water partition coefficient (Wildman–Crippen LogP) is 3.13. The maximum atomic E-state index is 13.5. The minimum Gasteiger partial charge on any atom is -0.296 e. The molecule has 1 saturated heterocycles. The fourth-order valence-electron chi connectivity index (χ4n) is 4.51. The summed E-state index contributed by atoms with van der Waals surface area (Å²) in [5, 5.41) is 13.4. The molecule has 4 amide bonds. The number of anilines is 1. The average Bonchev–Trinajstić information content (AvgIpc) is 3.30. The minimum absolute atomic E-state index is 0.0497. The van der Waals surface area contributed by atoms with Gasteiger partial charge in [0, 0.05) is 25.8 Å². The number of benzene rings is 1. The highest BCUT2D eigenvalue weighted by Gasteiger charge is 2.36. The molecule has 0 unspecified atom stereocenters. The molecule has 1 atom stereocenters. The predicted molar refractivity (Wildman–Crippen MR) is 113 cm³/mol. The highest BCUT2D eigenvalue weighted by molar-refractivity contribution is 5.93. The Kier molecular flexibility index (Phi) is 7.68. The molecule has 30 heavy (non-hydrogen) atoms. The van der Waals surface area contributed by atoms with Crippen LogP contribution in [0.25, 0.3) is 0 Å². The Morgan fingerprint density at radius 2 is 1.73 bits per heavy atom. The van der Waals surface area contributed by atoms with Gasteiger partial charge in [-0.3, -0.25) is 19.7 Å². The summed E-state index contributed by atoms with van der Waals surface area (Å²) in [4.78, 5) is 39.2. The number of rotatable bonds is 7. The zero-order valence-corrected chi connectivity index (χ0v) is 17.7. The zero-order chi connectivity index (χ0) is 21.5. The van der Waals surface area contributed by atoms with E-state index in [1.54, 1.807) is 11.9 Å². The molecular weight excluding hydrogens is 384 g/mol. The van der Waals surface area contributed by atoms with Gasteiger partial charge in [-0.15, -0.1) is 0 Å². The molecule has 3 rings (SSSR count). The normalized spacial score (nSPS) is 18.2. The Labute approximate surface area is 178 Å². The van der Waals surface area contributed by atoms with Gasteiger partial charge in [0.05, 0.1) is 12.5 Å². The lowest BCUT2D eigenvalue weighted by molar-refractivity contribution is -0.164. The van der Waals surface area contributed by atoms with E-state index in [2.05, 4.69) is 0 Å². The first kappa shape index (κ1) is 22.1. The molecule has 0 aromatic heterocycles. The number of para-hydroxylation sites is 1. The number of hydrazine groups is 1. The number of nitrogens with zero attached hydrogens (tertiary/aromatic N) is 4. The molecule has 1 aromatic rings. The molecule has 8 nitrogen and oxygen atoms in total. The van der Waals surface area contributed by atoms with Crippen LogP contribution in [0.5, 0.6) is 0 Å². The number of hydrogen-bond donors (Lipinski definition) is 1. The fraction of sp³-hybridized carbons (Fsp3) is 0.591. The van der Waals surface area contributed by atoms with Crippen LogP contribution < -0.4 is 4.90 Å². The van der Waals surface area contributed by atoms with Crippen molar-refractivity contribution in [3.8, 4) is 0 Å². The van der Waals surface area contributed by atoms with Crippen LogP contribution in [-0.4, -0.2) is 65.3 Å². The molecule has 1 aromatic carbocycles. The van der Waals surface area contributed by atoms with E-state index in [-0.39, 0.29) is 18.5 Å². The third-order valence-electron chi connectivity index (χ3n) is 6.16. The van der Waals surface area contributed by atoms with E-state index in [4.69, 9.17) is 0 Å². The van der Waals surface area contributed by atoms with Crippen molar-refractivity contribution in [1.82, 2.24) is 15.1 Å². The van der Waals surface area contributed by atoms with E-state index in [0.717, 1.165) is 44.2 Å². The minimum atomic E-state index is -0.529. The highest BCUT2D eigenvalue weighted by atomic mass is 16.5. The van der Waals surface area contributed by atoms with Crippen LogP contribution in [0, 0.1) is 11.8 Å². The van der Waals surface area contributed by atoms with Gasteiger partial charge in [0.1, 0.15) is 0 Å². The van der Waals surface area contributed by atoms with Crippen molar-refractivity contribution in [2.45, 2.75) is 44.9 Å². The quantitative estimate of drug-likeness (QED) is 0.420. The van der Waals surface area contributed by atoms with E-state index < -0.39 is 5.92 Å². The summed E-state index contributed by atoms with van der Waals surface area (Å²) >= 11 is 0. The third-order valence-corrected chi connectivity index (χ3v) is 6.16.